The molecular weight excluding hydrogens is 192 g/mol. The predicted octanol–water partition coefficient (Wildman–Crippen LogP) is 2.49. The van der Waals surface area contributed by atoms with Crippen LogP contribution in [0.2, 0.25) is 12.1 Å². The quantitative estimate of drug-likeness (QED) is 0.578. The van der Waals surface area contributed by atoms with Crippen LogP contribution in [0.25, 0.3) is 0 Å². The Morgan fingerprint density at radius 1 is 1.50 bits per heavy atom. The highest BCUT2D eigenvalue weighted by Crippen LogP contribution is 2.15. The topological polar surface area (TPSA) is 29.5 Å². The van der Waals surface area contributed by atoms with Gasteiger partial charge in [-0.2, -0.15) is 0 Å². The molecule has 1 saturated heterocycles. The lowest BCUT2D eigenvalue weighted by Gasteiger charge is -2.20. The Morgan fingerprint density at radius 2 is 2.21 bits per heavy atom. The first-order valence-corrected chi connectivity index (χ1v) is 7.79. The molecule has 0 radical (unpaired) electrons. The van der Waals surface area contributed by atoms with Crippen molar-refractivity contribution in [2.24, 2.45) is 0 Å². The Hall–Kier alpha value is -0.123. The van der Waals surface area contributed by atoms with Gasteiger partial charge in [0.05, 0.1) is 6.61 Å². The first-order valence-electron chi connectivity index (χ1n) is 5.68. The molecule has 0 spiro atoms. The molecule has 0 amide bonds. The number of aliphatic hydroxyl groups excluding tert-OH is 1. The van der Waals surface area contributed by atoms with Gasteiger partial charge in [0, 0.05) is 6.61 Å². The van der Waals surface area contributed by atoms with Gasteiger partial charge in [0.15, 0.2) is 9.04 Å². The predicted molar refractivity (Wildman–Crippen MR) is 64.1 cm³/mol. The first kappa shape index (κ1) is 13.9. The summed E-state index contributed by atoms with van der Waals surface area (Å²) >= 11 is 0. The molecule has 14 heavy (non-hydrogen) atoms. The highest BCUT2D eigenvalue weighted by molar-refractivity contribution is 6.51. The second-order valence-corrected chi connectivity index (χ2v) is 6.33. The lowest BCUT2D eigenvalue weighted by atomic mass is 10.4. The molecule has 1 unspecified atom stereocenters. The molecule has 1 aliphatic heterocycles. The SMILES string of the molecule is C=CCO.CCCC[SiH]1CCCCO1. The maximum atomic E-state index is 7.76. The third kappa shape index (κ3) is 8.47. The van der Waals surface area contributed by atoms with Crippen LogP contribution in [0, 0.1) is 0 Å². The van der Waals surface area contributed by atoms with Gasteiger partial charge in [-0.3, -0.25) is 0 Å². The van der Waals surface area contributed by atoms with Crippen molar-refractivity contribution in [2.75, 3.05) is 13.2 Å². The van der Waals surface area contributed by atoms with Crippen molar-refractivity contribution in [1.82, 2.24) is 0 Å². The summed E-state index contributed by atoms with van der Waals surface area (Å²) in [6, 6.07) is 2.87. The van der Waals surface area contributed by atoms with Crippen molar-refractivity contribution in [2.45, 2.75) is 44.7 Å². The zero-order valence-electron chi connectivity index (χ0n) is 9.37. The fourth-order valence-electron chi connectivity index (χ4n) is 1.47. The molecule has 84 valence electrons. The van der Waals surface area contributed by atoms with Gasteiger partial charge in [0.1, 0.15) is 0 Å². The Kier molecular flexibility index (Phi) is 10.9. The van der Waals surface area contributed by atoms with Gasteiger partial charge < -0.3 is 9.53 Å². The molecule has 1 heterocycles. The van der Waals surface area contributed by atoms with E-state index in [0.29, 0.717) is 0 Å². The summed E-state index contributed by atoms with van der Waals surface area (Å²) in [5.74, 6) is 0. The molecule has 1 rings (SSSR count). The number of aliphatic hydroxyl groups is 1. The van der Waals surface area contributed by atoms with Crippen molar-refractivity contribution >= 4 is 9.04 Å². The largest absolute Gasteiger partial charge is 0.420 e. The molecule has 0 aromatic rings. The molecular formula is C11H24O2Si. The van der Waals surface area contributed by atoms with Crippen LogP contribution in [0.4, 0.5) is 0 Å². The van der Waals surface area contributed by atoms with E-state index in [1.165, 1.54) is 43.8 Å². The summed E-state index contributed by atoms with van der Waals surface area (Å²) in [5, 5.41) is 7.76. The van der Waals surface area contributed by atoms with Crippen LogP contribution in [0.15, 0.2) is 12.7 Å². The van der Waals surface area contributed by atoms with E-state index in [1.54, 1.807) is 0 Å². The maximum Gasteiger partial charge on any atom is 0.176 e. The Bertz CT molecular complexity index is 122. The van der Waals surface area contributed by atoms with Crippen molar-refractivity contribution in [1.29, 1.82) is 0 Å². The number of hydrogen-bond donors (Lipinski definition) is 1. The highest BCUT2D eigenvalue weighted by atomic mass is 28.3. The van der Waals surface area contributed by atoms with E-state index >= 15 is 0 Å². The van der Waals surface area contributed by atoms with Crippen LogP contribution >= 0.6 is 0 Å². The summed E-state index contributed by atoms with van der Waals surface area (Å²) in [6.45, 7) is 6.64. The summed E-state index contributed by atoms with van der Waals surface area (Å²) in [6.07, 6.45) is 6.93. The normalized spacial score (nSPS) is 20.9. The highest BCUT2D eigenvalue weighted by Gasteiger charge is 2.14. The van der Waals surface area contributed by atoms with E-state index in [0.717, 1.165) is 6.61 Å². The van der Waals surface area contributed by atoms with Crippen molar-refractivity contribution in [3.05, 3.63) is 12.7 Å². The zero-order chi connectivity index (χ0) is 10.6. The smallest absolute Gasteiger partial charge is 0.176 e. The molecule has 1 atom stereocenters. The van der Waals surface area contributed by atoms with Gasteiger partial charge in [0.2, 0.25) is 0 Å². The molecule has 2 nitrogen and oxygen atoms in total. The fraction of sp³-hybridized carbons (Fsp3) is 0.818. The molecule has 0 aromatic carbocycles. The monoisotopic (exact) mass is 216 g/mol. The molecule has 0 bridgehead atoms. The fourth-order valence-corrected chi connectivity index (χ4v) is 4.20. The van der Waals surface area contributed by atoms with Gasteiger partial charge in [-0.1, -0.05) is 32.3 Å². The Balaban J connectivity index is 0.000000364. The second kappa shape index (κ2) is 11.0. The van der Waals surface area contributed by atoms with Gasteiger partial charge in [-0.15, -0.1) is 6.58 Å². The maximum absolute atomic E-state index is 7.76. The molecule has 1 aliphatic rings. The average molecular weight is 216 g/mol. The Morgan fingerprint density at radius 3 is 2.64 bits per heavy atom. The van der Waals surface area contributed by atoms with Crippen molar-refractivity contribution in [3.8, 4) is 0 Å². The molecule has 0 aromatic heterocycles. The summed E-state index contributed by atoms with van der Waals surface area (Å²) < 4.78 is 5.72. The third-order valence-corrected chi connectivity index (χ3v) is 5.09. The number of hydrogen-bond acceptors (Lipinski definition) is 2. The average Bonchev–Trinajstić information content (AvgIpc) is 2.28. The minimum atomic E-state index is -0.644. The van der Waals surface area contributed by atoms with E-state index in [4.69, 9.17) is 9.53 Å². The first-order chi connectivity index (χ1) is 6.85. The van der Waals surface area contributed by atoms with E-state index < -0.39 is 9.04 Å². The zero-order valence-corrected chi connectivity index (χ0v) is 10.5. The van der Waals surface area contributed by atoms with Crippen LogP contribution in [-0.4, -0.2) is 27.4 Å². The number of unbranched alkanes of at least 4 members (excludes halogenated alkanes) is 1. The van der Waals surface area contributed by atoms with Gasteiger partial charge >= 0.3 is 0 Å². The van der Waals surface area contributed by atoms with Crippen LogP contribution in [0.3, 0.4) is 0 Å². The summed E-state index contributed by atoms with van der Waals surface area (Å²) in [4.78, 5) is 0. The van der Waals surface area contributed by atoms with E-state index in [1.807, 2.05) is 0 Å². The standard InChI is InChI=1S/C8H18OSi.C3H6O/c1-2-3-7-10-8-5-4-6-9-10;1-2-3-4/h10H,2-8H2,1H3;2,4H,1,3H2. The van der Waals surface area contributed by atoms with E-state index in [2.05, 4.69) is 13.5 Å². The van der Waals surface area contributed by atoms with Crippen LogP contribution in [0.5, 0.6) is 0 Å². The second-order valence-electron chi connectivity index (χ2n) is 3.60. The number of rotatable bonds is 4. The Labute approximate surface area is 89.7 Å². The molecule has 0 aliphatic carbocycles. The summed E-state index contributed by atoms with van der Waals surface area (Å²) in [7, 11) is -0.644. The van der Waals surface area contributed by atoms with Crippen LogP contribution < -0.4 is 0 Å². The van der Waals surface area contributed by atoms with Crippen molar-refractivity contribution < 1.29 is 9.53 Å². The van der Waals surface area contributed by atoms with Gasteiger partial charge in [-0.25, -0.2) is 0 Å². The van der Waals surface area contributed by atoms with E-state index in [-0.39, 0.29) is 6.61 Å². The van der Waals surface area contributed by atoms with Gasteiger partial charge in [-0.05, 0) is 18.5 Å². The minimum Gasteiger partial charge on any atom is -0.420 e. The molecule has 1 fully saturated rings. The lowest BCUT2D eigenvalue weighted by Crippen LogP contribution is -2.22. The summed E-state index contributed by atoms with van der Waals surface area (Å²) in [5.41, 5.74) is 0. The van der Waals surface area contributed by atoms with Crippen LogP contribution in [0.1, 0.15) is 32.6 Å². The molecule has 1 N–H and O–H groups in total. The van der Waals surface area contributed by atoms with Crippen molar-refractivity contribution in [3.63, 3.8) is 0 Å². The lowest BCUT2D eigenvalue weighted by molar-refractivity contribution is 0.286. The van der Waals surface area contributed by atoms with E-state index in [9.17, 15) is 0 Å². The van der Waals surface area contributed by atoms with Gasteiger partial charge in [0.25, 0.3) is 0 Å². The molecule has 0 saturated carbocycles. The molecule has 3 heteroatoms. The minimum absolute atomic E-state index is 0.0833. The third-order valence-electron chi connectivity index (χ3n) is 2.28. The van der Waals surface area contributed by atoms with Crippen LogP contribution in [-0.2, 0) is 4.43 Å².